The van der Waals surface area contributed by atoms with Crippen LogP contribution in [0.1, 0.15) is 5.56 Å². The zero-order valence-electron chi connectivity index (χ0n) is 25.1. The lowest BCUT2D eigenvalue weighted by Crippen LogP contribution is -2.00. The van der Waals surface area contributed by atoms with Crippen molar-refractivity contribution in [3.05, 3.63) is 151 Å². The number of hydrogen-bond acceptors (Lipinski definition) is 4. The van der Waals surface area contributed by atoms with E-state index in [0.717, 1.165) is 44.2 Å². The summed E-state index contributed by atoms with van der Waals surface area (Å²) in [5.41, 5.74) is 8.00. The Hall–Kier alpha value is -6.13. The Kier molecular flexibility index (Phi) is 6.00. The summed E-state index contributed by atoms with van der Waals surface area (Å²) in [4.78, 5) is 15.0. The summed E-state index contributed by atoms with van der Waals surface area (Å²) < 4.78 is 6.39. The van der Waals surface area contributed by atoms with Crippen LogP contribution in [0.25, 0.3) is 88.8 Å². The maximum Gasteiger partial charge on any atom is 0.164 e. The third-order valence-corrected chi connectivity index (χ3v) is 8.79. The third kappa shape index (κ3) is 4.42. The summed E-state index contributed by atoms with van der Waals surface area (Å²) in [5.74, 6) is 1.89. The lowest BCUT2D eigenvalue weighted by atomic mass is 9.97. The van der Waals surface area contributed by atoms with Crippen molar-refractivity contribution in [2.75, 3.05) is 0 Å². The highest BCUT2D eigenvalue weighted by atomic mass is 16.3. The Morgan fingerprint density at radius 1 is 0.391 bits per heavy atom. The number of nitrogens with zero attached hydrogens (tertiary/aromatic N) is 3. The van der Waals surface area contributed by atoms with Crippen LogP contribution >= 0.6 is 0 Å². The predicted molar refractivity (Wildman–Crippen MR) is 189 cm³/mol. The fraction of sp³-hybridized carbons (Fsp3) is 0.0238. The highest BCUT2D eigenvalue weighted by molar-refractivity contribution is 6.26. The minimum atomic E-state index is 0.619. The number of fused-ring (bicyclic) bond motifs is 7. The van der Waals surface area contributed by atoms with Crippen LogP contribution in [0.3, 0.4) is 0 Å². The molecule has 0 saturated carbocycles. The molecule has 0 radical (unpaired) electrons. The van der Waals surface area contributed by atoms with Gasteiger partial charge in [0.2, 0.25) is 0 Å². The van der Waals surface area contributed by atoms with Crippen molar-refractivity contribution in [2.24, 2.45) is 0 Å². The van der Waals surface area contributed by atoms with Crippen LogP contribution in [0.5, 0.6) is 0 Å². The van der Waals surface area contributed by atoms with Crippen LogP contribution < -0.4 is 0 Å². The van der Waals surface area contributed by atoms with Crippen LogP contribution in [-0.2, 0) is 0 Å². The molecule has 2 heterocycles. The molecule has 0 spiro atoms. The zero-order chi connectivity index (χ0) is 30.6. The molecule has 0 aliphatic heterocycles. The molecule has 0 aliphatic carbocycles. The molecule has 0 atom stereocenters. The summed E-state index contributed by atoms with van der Waals surface area (Å²) in [6.45, 7) is 2.08. The number of hydrogen-bond donors (Lipinski definition) is 0. The van der Waals surface area contributed by atoms with Gasteiger partial charge in [-0.05, 0) is 58.5 Å². The third-order valence-electron chi connectivity index (χ3n) is 8.79. The topological polar surface area (TPSA) is 51.8 Å². The molecule has 216 valence electrons. The smallest absolute Gasteiger partial charge is 0.164 e. The highest BCUT2D eigenvalue weighted by Gasteiger charge is 2.17. The highest BCUT2D eigenvalue weighted by Crippen LogP contribution is 2.39. The van der Waals surface area contributed by atoms with E-state index in [-0.39, 0.29) is 0 Å². The van der Waals surface area contributed by atoms with Crippen molar-refractivity contribution in [3.8, 4) is 45.3 Å². The standard InChI is InChI=1S/C42H27N3O/c1-26-11-13-31(14-12-26)40-43-41(32-19-15-28(16-20-32)27-7-3-2-4-8-27)45-42(44-40)33-22-23-36-35(25-33)39-37(46-36)24-21-30-18-17-29-9-5-6-10-34(29)38(30)39/h2-25H,1H3. The second-order valence-electron chi connectivity index (χ2n) is 11.8. The maximum absolute atomic E-state index is 6.39. The Morgan fingerprint density at radius 3 is 1.70 bits per heavy atom. The van der Waals surface area contributed by atoms with Gasteiger partial charge in [0.05, 0.1) is 0 Å². The van der Waals surface area contributed by atoms with Gasteiger partial charge in [0, 0.05) is 32.8 Å². The summed E-state index contributed by atoms with van der Waals surface area (Å²) in [6.07, 6.45) is 0. The van der Waals surface area contributed by atoms with Crippen molar-refractivity contribution in [1.82, 2.24) is 15.0 Å². The van der Waals surface area contributed by atoms with Crippen LogP contribution in [0.2, 0.25) is 0 Å². The van der Waals surface area contributed by atoms with Crippen molar-refractivity contribution in [3.63, 3.8) is 0 Å². The van der Waals surface area contributed by atoms with E-state index in [0.29, 0.717) is 17.5 Å². The molecule has 9 rings (SSSR count). The van der Waals surface area contributed by atoms with Gasteiger partial charge in [-0.25, -0.2) is 15.0 Å². The molecule has 7 aromatic carbocycles. The molecule has 0 aliphatic rings. The first-order valence-corrected chi connectivity index (χ1v) is 15.4. The molecule has 2 aromatic heterocycles. The molecular weight excluding hydrogens is 562 g/mol. The van der Waals surface area contributed by atoms with Crippen LogP contribution in [0.15, 0.2) is 150 Å². The van der Waals surface area contributed by atoms with E-state index in [4.69, 9.17) is 19.4 Å². The van der Waals surface area contributed by atoms with Gasteiger partial charge in [0.15, 0.2) is 17.5 Å². The normalized spacial score (nSPS) is 11.6. The minimum Gasteiger partial charge on any atom is -0.456 e. The van der Waals surface area contributed by atoms with Gasteiger partial charge in [-0.15, -0.1) is 0 Å². The first-order valence-electron chi connectivity index (χ1n) is 15.4. The second kappa shape index (κ2) is 10.5. The monoisotopic (exact) mass is 589 g/mol. The molecule has 0 bridgehead atoms. The molecule has 4 heteroatoms. The Labute approximate surface area is 265 Å². The molecule has 0 fully saturated rings. The van der Waals surface area contributed by atoms with Gasteiger partial charge in [-0.2, -0.15) is 0 Å². The summed E-state index contributed by atoms with van der Waals surface area (Å²) in [7, 11) is 0. The average molecular weight is 590 g/mol. The number of furan rings is 1. The van der Waals surface area contributed by atoms with Gasteiger partial charge in [-0.3, -0.25) is 0 Å². The summed E-state index contributed by atoms with van der Waals surface area (Å²) in [5, 5.41) is 6.94. The Bertz CT molecular complexity index is 2570. The molecule has 0 amide bonds. The van der Waals surface area contributed by atoms with Crippen molar-refractivity contribution < 1.29 is 4.42 Å². The maximum atomic E-state index is 6.39. The first kappa shape index (κ1) is 26.3. The fourth-order valence-corrected chi connectivity index (χ4v) is 6.41. The SMILES string of the molecule is Cc1ccc(-c2nc(-c3ccc(-c4ccccc4)cc3)nc(-c3ccc4oc5ccc6ccc7ccccc7c6c5c4c3)n2)cc1. The van der Waals surface area contributed by atoms with Crippen molar-refractivity contribution >= 4 is 43.5 Å². The largest absolute Gasteiger partial charge is 0.456 e. The van der Waals surface area contributed by atoms with Crippen LogP contribution in [0.4, 0.5) is 0 Å². The predicted octanol–water partition coefficient (Wildman–Crippen LogP) is 11.1. The Morgan fingerprint density at radius 2 is 0.935 bits per heavy atom. The summed E-state index contributed by atoms with van der Waals surface area (Å²) in [6, 6.07) is 50.5. The second-order valence-corrected chi connectivity index (χ2v) is 11.8. The van der Waals surface area contributed by atoms with E-state index in [1.165, 1.54) is 32.7 Å². The number of aryl methyl sites for hydroxylation is 1. The molecule has 9 aromatic rings. The van der Waals surface area contributed by atoms with Crippen molar-refractivity contribution in [1.29, 1.82) is 0 Å². The van der Waals surface area contributed by atoms with E-state index in [2.05, 4.69) is 134 Å². The molecule has 0 unspecified atom stereocenters. The van der Waals surface area contributed by atoms with Gasteiger partial charge in [0.1, 0.15) is 11.2 Å². The Balaban J connectivity index is 1.24. The average Bonchev–Trinajstić information content (AvgIpc) is 3.50. The first-order chi connectivity index (χ1) is 22.7. The van der Waals surface area contributed by atoms with Crippen LogP contribution in [-0.4, -0.2) is 15.0 Å². The molecule has 0 N–H and O–H groups in total. The van der Waals surface area contributed by atoms with E-state index in [1.807, 2.05) is 18.2 Å². The van der Waals surface area contributed by atoms with Gasteiger partial charge >= 0.3 is 0 Å². The summed E-state index contributed by atoms with van der Waals surface area (Å²) >= 11 is 0. The lowest BCUT2D eigenvalue weighted by molar-refractivity contribution is 0.669. The minimum absolute atomic E-state index is 0.619. The number of rotatable bonds is 4. The fourth-order valence-electron chi connectivity index (χ4n) is 6.41. The van der Waals surface area contributed by atoms with Gasteiger partial charge < -0.3 is 4.42 Å². The number of benzene rings is 7. The van der Waals surface area contributed by atoms with E-state index in [1.54, 1.807) is 0 Å². The van der Waals surface area contributed by atoms with E-state index < -0.39 is 0 Å². The van der Waals surface area contributed by atoms with Crippen molar-refractivity contribution in [2.45, 2.75) is 6.92 Å². The molecular formula is C42H27N3O. The number of aromatic nitrogens is 3. The molecule has 46 heavy (non-hydrogen) atoms. The van der Waals surface area contributed by atoms with Gasteiger partial charge in [-0.1, -0.05) is 127 Å². The quantitative estimate of drug-likeness (QED) is 0.192. The molecule has 4 nitrogen and oxygen atoms in total. The lowest BCUT2D eigenvalue weighted by Gasteiger charge is -2.10. The van der Waals surface area contributed by atoms with Gasteiger partial charge in [0.25, 0.3) is 0 Å². The molecule has 0 saturated heterocycles. The van der Waals surface area contributed by atoms with E-state index in [9.17, 15) is 0 Å². The van der Waals surface area contributed by atoms with E-state index >= 15 is 0 Å². The van der Waals surface area contributed by atoms with Crippen LogP contribution in [0, 0.1) is 6.92 Å². The zero-order valence-corrected chi connectivity index (χ0v) is 25.1.